The van der Waals surface area contributed by atoms with Gasteiger partial charge in [-0.05, 0) is 38.5 Å². The van der Waals surface area contributed by atoms with E-state index >= 15 is 0 Å². The van der Waals surface area contributed by atoms with Gasteiger partial charge in [-0.1, -0.05) is 12.1 Å². The Labute approximate surface area is 139 Å². The standard InChI is InChI=1S/C18H19N3O3/c1-12-10-13(2)21(20-12)9-5-8-19-18(23)17-11-15(22)14-6-3-4-7-16(14)24-17/h3-4,6-7,10-11H,5,8-9H2,1-2H3,(H,19,23). The van der Waals surface area contributed by atoms with Crippen molar-refractivity contribution in [1.29, 1.82) is 0 Å². The van der Waals surface area contributed by atoms with Crippen molar-refractivity contribution in [2.24, 2.45) is 0 Å². The van der Waals surface area contributed by atoms with E-state index in [1.165, 1.54) is 6.07 Å². The molecular formula is C18H19N3O3. The van der Waals surface area contributed by atoms with Crippen molar-refractivity contribution in [3.63, 3.8) is 0 Å². The Morgan fingerprint density at radius 1 is 1.25 bits per heavy atom. The maximum Gasteiger partial charge on any atom is 0.287 e. The summed E-state index contributed by atoms with van der Waals surface area (Å²) in [6, 6.07) is 10.1. The van der Waals surface area contributed by atoms with Crippen LogP contribution in [0.15, 0.2) is 45.6 Å². The molecule has 0 radical (unpaired) electrons. The molecule has 0 aliphatic rings. The van der Waals surface area contributed by atoms with Crippen LogP contribution in [0.3, 0.4) is 0 Å². The predicted molar refractivity (Wildman–Crippen MR) is 91.1 cm³/mol. The molecule has 1 aromatic carbocycles. The van der Waals surface area contributed by atoms with Crippen LogP contribution < -0.4 is 10.7 Å². The van der Waals surface area contributed by atoms with Gasteiger partial charge in [0.25, 0.3) is 5.91 Å². The fourth-order valence-corrected chi connectivity index (χ4v) is 2.64. The monoisotopic (exact) mass is 325 g/mol. The number of carbonyl (C=O) groups is 1. The van der Waals surface area contributed by atoms with Crippen LogP contribution in [0.25, 0.3) is 11.0 Å². The third kappa shape index (κ3) is 3.37. The first kappa shape index (κ1) is 16.0. The fraction of sp³-hybridized carbons (Fsp3) is 0.278. The summed E-state index contributed by atoms with van der Waals surface area (Å²) in [7, 11) is 0. The van der Waals surface area contributed by atoms with Crippen LogP contribution in [0, 0.1) is 13.8 Å². The minimum absolute atomic E-state index is 0.0322. The van der Waals surface area contributed by atoms with Crippen LogP contribution in [0.2, 0.25) is 0 Å². The van der Waals surface area contributed by atoms with Gasteiger partial charge in [0.2, 0.25) is 0 Å². The highest BCUT2D eigenvalue weighted by Gasteiger charge is 2.11. The zero-order valence-electron chi connectivity index (χ0n) is 13.7. The van der Waals surface area contributed by atoms with E-state index < -0.39 is 0 Å². The molecule has 3 aromatic rings. The normalized spacial score (nSPS) is 10.9. The second-order valence-electron chi connectivity index (χ2n) is 5.73. The minimum atomic E-state index is -0.383. The molecule has 1 N–H and O–H groups in total. The molecule has 0 saturated heterocycles. The Morgan fingerprint density at radius 2 is 2.04 bits per heavy atom. The van der Waals surface area contributed by atoms with Crippen molar-refractivity contribution in [2.75, 3.05) is 6.54 Å². The van der Waals surface area contributed by atoms with Crippen molar-refractivity contribution in [3.8, 4) is 0 Å². The van der Waals surface area contributed by atoms with Gasteiger partial charge >= 0.3 is 0 Å². The average Bonchev–Trinajstić information content (AvgIpc) is 2.89. The third-order valence-electron chi connectivity index (χ3n) is 3.79. The average molecular weight is 325 g/mol. The smallest absolute Gasteiger partial charge is 0.287 e. The molecule has 0 spiro atoms. The van der Waals surface area contributed by atoms with Crippen LogP contribution in [0.4, 0.5) is 0 Å². The van der Waals surface area contributed by atoms with Crippen molar-refractivity contribution in [1.82, 2.24) is 15.1 Å². The van der Waals surface area contributed by atoms with Gasteiger partial charge in [-0.15, -0.1) is 0 Å². The highest BCUT2D eigenvalue weighted by molar-refractivity contribution is 5.93. The van der Waals surface area contributed by atoms with E-state index in [4.69, 9.17) is 4.42 Å². The summed E-state index contributed by atoms with van der Waals surface area (Å²) >= 11 is 0. The molecular weight excluding hydrogens is 306 g/mol. The number of para-hydroxylation sites is 1. The largest absolute Gasteiger partial charge is 0.451 e. The minimum Gasteiger partial charge on any atom is -0.451 e. The summed E-state index contributed by atoms with van der Waals surface area (Å²) in [5, 5.41) is 7.62. The van der Waals surface area contributed by atoms with Gasteiger partial charge < -0.3 is 9.73 Å². The topological polar surface area (TPSA) is 77.1 Å². The van der Waals surface area contributed by atoms with Crippen molar-refractivity contribution in [2.45, 2.75) is 26.8 Å². The lowest BCUT2D eigenvalue weighted by atomic mass is 10.2. The molecule has 0 atom stereocenters. The number of fused-ring (bicyclic) bond motifs is 1. The first-order valence-corrected chi connectivity index (χ1v) is 7.87. The number of hydrogen-bond donors (Lipinski definition) is 1. The molecule has 0 saturated carbocycles. The number of carbonyl (C=O) groups excluding carboxylic acids is 1. The molecule has 3 rings (SSSR count). The maximum absolute atomic E-state index is 12.2. The highest BCUT2D eigenvalue weighted by Crippen LogP contribution is 2.11. The number of hydrogen-bond acceptors (Lipinski definition) is 4. The van der Waals surface area contributed by atoms with Crippen LogP contribution in [-0.4, -0.2) is 22.2 Å². The van der Waals surface area contributed by atoms with Gasteiger partial charge in [0.1, 0.15) is 5.58 Å². The lowest BCUT2D eigenvalue weighted by molar-refractivity contribution is 0.0925. The number of nitrogens with one attached hydrogen (secondary N) is 1. The summed E-state index contributed by atoms with van der Waals surface area (Å²) < 4.78 is 7.43. The summed E-state index contributed by atoms with van der Waals surface area (Å²) in [5.74, 6) is -0.351. The van der Waals surface area contributed by atoms with E-state index in [1.807, 2.05) is 24.6 Å². The van der Waals surface area contributed by atoms with E-state index in [0.717, 1.165) is 24.4 Å². The highest BCUT2D eigenvalue weighted by atomic mass is 16.3. The Bertz CT molecular complexity index is 940. The van der Waals surface area contributed by atoms with E-state index in [0.29, 0.717) is 17.5 Å². The molecule has 2 aromatic heterocycles. The van der Waals surface area contributed by atoms with Crippen LogP contribution >= 0.6 is 0 Å². The Balaban J connectivity index is 1.61. The van der Waals surface area contributed by atoms with E-state index in [1.54, 1.807) is 24.3 Å². The van der Waals surface area contributed by atoms with Gasteiger partial charge in [-0.2, -0.15) is 5.10 Å². The first-order valence-electron chi connectivity index (χ1n) is 7.87. The molecule has 24 heavy (non-hydrogen) atoms. The predicted octanol–water partition coefficient (Wildman–Crippen LogP) is 2.43. The molecule has 0 fully saturated rings. The van der Waals surface area contributed by atoms with Crippen LogP contribution in [0.1, 0.15) is 28.4 Å². The van der Waals surface area contributed by atoms with E-state index in [9.17, 15) is 9.59 Å². The molecule has 2 heterocycles. The zero-order chi connectivity index (χ0) is 17.1. The van der Waals surface area contributed by atoms with E-state index in [-0.39, 0.29) is 17.1 Å². The summed E-state index contributed by atoms with van der Waals surface area (Å²) in [5.41, 5.74) is 2.27. The number of aryl methyl sites for hydroxylation is 3. The molecule has 0 bridgehead atoms. The Morgan fingerprint density at radius 3 is 2.79 bits per heavy atom. The third-order valence-corrected chi connectivity index (χ3v) is 3.79. The first-order chi connectivity index (χ1) is 11.5. The maximum atomic E-state index is 12.2. The second kappa shape index (κ2) is 6.70. The van der Waals surface area contributed by atoms with Gasteiger partial charge in [-0.25, -0.2) is 0 Å². The molecule has 1 amide bonds. The number of amides is 1. The number of nitrogens with zero attached hydrogens (tertiary/aromatic N) is 2. The quantitative estimate of drug-likeness (QED) is 0.731. The zero-order valence-corrected chi connectivity index (χ0v) is 13.7. The van der Waals surface area contributed by atoms with Crippen molar-refractivity contribution in [3.05, 3.63) is 63.8 Å². The number of aromatic nitrogens is 2. The molecule has 0 unspecified atom stereocenters. The summed E-state index contributed by atoms with van der Waals surface area (Å²) in [6.45, 7) is 5.16. The van der Waals surface area contributed by atoms with Crippen molar-refractivity contribution < 1.29 is 9.21 Å². The molecule has 6 heteroatoms. The van der Waals surface area contributed by atoms with Crippen molar-refractivity contribution >= 4 is 16.9 Å². The lowest BCUT2D eigenvalue weighted by Gasteiger charge is -2.07. The van der Waals surface area contributed by atoms with Gasteiger partial charge in [-0.3, -0.25) is 14.3 Å². The SMILES string of the molecule is Cc1cc(C)n(CCCNC(=O)c2cc(=O)c3ccccc3o2)n1. The summed E-state index contributed by atoms with van der Waals surface area (Å²) in [4.78, 5) is 24.2. The summed E-state index contributed by atoms with van der Waals surface area (Å²) in [6.07, 6.45) is 0.742. The molecule has 0 aliphatic heterocycles. The van der Waals surface area contributed by atoms with Gasteiger partial charge in [0, 0.05) is 24.8 Å². The molecule has 0 aliphatic carbocycles. The lowest BCUT2D eigenvalue weighted by Crippen LogP contribution is -2.26. The Kier molecular flexibility index (Phi) is 4.46. The second-order valence-corrected chi connectivity index (χ2v) is 5.73. The van der Waals surface area contributed by atoms with Crippen LogP contribution in [-0.2, 0) is 6.54 Å². The van der Waals surface area contributed by atoms with Gasteiger partial charge in [0.15, 0.2) is 11.2 Å². The van der Waals surface area contributed by atoms with E-state index in [2.05, 4.69) is 10.4 Å². The Hall–Kier alpha value is -2.89. The molecule has 124 valence electrons. The fourth-order valence-electron chi connectivity index (χ4n) is 2.64. The molecule has 6 nitrogen and oxygen atoms in total. The number of benzene rings is 1. The van der Waals surface area contributed by atoms with Gasteiger partial charge in [0.05, 0.1) is 11.1 Å². The number of rotatable bonds is 5. The van der Waals surface area contributed by atoms with Crippen LogP contribution in [0.5, 0.6) is 0 Å².